The molecule has 2 aromatic rings. The van der Waals surface area contributed by atoms with E-state index in [1.54, 1.807) is 12.1 Å². The number of ether oxygens (including phenoxy) is 1. The van der Waals surface area contributed by atoms with Gasteiger partial charge in [0, 0.05) is 17.3 Å². The molecule has 0 spiro atoms. The molecule has 1 aliphatic heterocycles. The fourth-order valence-electron chi connectivity index (χ4n) is 3.70. The van der Waals surface area contributed by atoms with Gasteiger partial charge in [0.2, 0.25) is 0 Å². The molecule has 28 heavy (non-hydrogen) atoms. The zero-order valence-electron chi connectivity index (χ0n) is 16.6. The summed E-state index contributed by atoms with van der Waals surface area (Å²) >= 11 is 0. The SMILES string of the molecule is CC(C)NC(=O)c1cccc(C2Nc3ccc(OC(=O)O)cc3CC2(C)C)c1. The molecule has 1 unspecified atom stereocenters. The van der Waals surface area contributed by atoms with Crippen LogP contribution in [0, 0.1) is 5.41 Å². The molecule has 2 aromatic carbocycles. The van der Waals surface area contributed by atoms with Gasteiger partial charge in [0.15, 0.2) is 0 Å². The monoisotopic (exact) mass is 382 g/mol. The summed E-state index contributed by atoms with van der Waals surface area (Å²) in [5, 5.41) is 15.3. The number of anilines is 1. The molecular weight excluding hydrogens is 356 g/mol. The fraction of sp³-hybridized carbons (Fsp3) is 0.364. The molecule has 1 atom stereocenters. The molecule has 1 heterocycles. The largest absolute Gasteiger partial charge is 0.511 e. The third-order valence-electron chi connectivity index (χ3n) is 4.91. The van der Waals surface area contributed by atoms with Crippen LogP contribution in [0.1, 0.15) is 55.2 Å². The Kier molecular flexibility index (Phi) is 5.31. The van der Waals surface area contributed by atoms with Gasteiger partial charge < -0.3 is 20.5 Å². The van der Waals surface area contributed by atoms with Crippen LogP contribution in [0.15, 0.2) is 42.5 Å². The van der Waals surface area contributed by atoms with Gasteiger partial charge in [0.1, 0.15) is 5.75 Å². The standard InChI is InChI=1S/C22H26N2O4/c1-13(2)23-20(25)15-7-5-6-14(10-15)19-22(3,4)12-16-11-17(28-21(26)27)8-9-18(16)24-19/h5-11,13,19,24H,12H2,1-4H3,(H,23,25)(H,26,27). The maximum atomic E-state index is 12.4. The first-order valence-electron chi connectivity index (χ1n) is 9.37. The lowest BCUT2D eigenvalue weighted by Crippen LogP contribution is -2.35. The van der Waals surface area contributed by atoms with Gasteiger partial charge in [-0.15, -0.1) is 0 Å². The highest BCUT2D eigenvalue weighted by atomic mass is 16.7. The van der Waals surface area contributed by atoms with Gasteiger partial charge in [-0.05, 0) is 67.1 Å². The summed E-state index contributed by atoms with van der Waals surface area (Å²) in [6, 6.07) is 13.0. The third-order valence-corrected chi connectivity index (χ3v) is 4.91. The van der Waals surface area contributed by atoms with Crippen molar-refractivity contribution < 1.29 is 19.4 Å². The number of hydrogen-bond donors (Lipinski definition) is 3. The molecular formula is C22H26N2O4. The molecule has 0 aromatic heterocycles. The maximum Gasteiger partial charge on any atom is 0.511 e. The number of benzene rings is 2. The van der Waals surface area contributed by atoms with Crippen molar-refractivity contribution in [3.63, 3.8) is 0 Å². The summed E-state index contributed by atoms with van der Waals surface area (Å²) in [7, 11) is 0. The van der Waals surface area contributed by atoms with Crippen LogP contribution in [0.4, 0.5) is 10.5 Å². The number of carbonyl (C=O) groups is 2. The van der Waals surface area contributed by atoms with Crippen LogP contribution < -0.4 is 15.4 Å². The van der Waals surface area contributed by atoms with Crippen LogP contribution in [0.3, 0.4) is 0 Å². The van der Waals surface area contributed by atoms with E-state index in [1.807, 2.05) is 44.2 Å². The van der Waals surface area contributed by atoms with Crippen LogP contribution in [0.5, 0.6) is 5.75 Å². The van der Waals surface area contributed by atoms with E-state index in [2.05, 4.69) is 24.5 Å². The van der Waals surface area contributed by atoms with E-state index in [0.29, 0.717) is 11.3 Å². The van der Waals surface area contributed by atoms with E-state index in [0.717, 1.165) is 23.2 Å². The number of nitrogens with one attached hydrogen (secondary N) is 2. The molecule has 0 fully saturated rings. The summed E-state index contributed by atoms with van der Waals surface area (Å²) < 4.78 is 4.78. The van der Waals surface area contributed by atoms with Crippen molar-refractivity contribution in [1.29, 1.82) is 0 Å². The Hall–Kier alpha value is -3.02. The molecule has 0 bridgehead atoms. The first-order valence-corrected chi connectivity index (χ1v) is 9.37. The van der Waals surface area contributed by atoms with E-state index in [1.165, 1.54) is 0 Å². The third kappa shape index (κ3) is 4.27. The molecule has 0 saturated carbocycles. The van der Waals surface area contributed by atoms with Crippen molar-refractivity contribution in [3.05, 3.63) is 59.2 Å². The zero-order valence-corrected chi connectivity index (χ0v) is 16.6. The summed E-state index contributed by atoms with van der Waals surface area (Å²) in [6.45, 7) is 8.18. The highest BCUT2D eigenvalue weighted by Crippen LogP contribution is 2.45. The van der Waals surface area contributed by atoms with Gasteiger partial charge in [0.25, 0.3) is 5.91 Å². The number of carboxylic acid groups (broad SMARTS) is 1. The second-order valence-corrected chi connectivity index (χ2v) is 8.18. The number of fused-ring (bicyclic) bond motifs is 1. The van der Waals surface area contributed by atoms with Crippen LogP contribution >= 0.6 is 0 Å². The Morgan fingerprint density at radius 1 is 1.21 bits per heavy atom. The van der Waals surface area contributed by atoms with Crippen LogP contribution in [0.2, 0.25) is 0 Å². The normalized spacial score (nSPS) is 17.4. The average molecular weight is 382 g/mol. The van der Waals surface area contributed by atoms with Gasteiger partial charge in [-0.25, -0.2) is 4.79 Å². The molecule has 6 heteroatoms. The number of amides is 1. The molecule has 1 amide bonds. The predicted octanol–water partition coefficient (Wildman–Crippen LogP) is 4.62. The summed E-state index contributed by atoms with van der Waals surface area (Å²) in [5.74, 6) is 0.232. The van der Waals surface area contributed by atoms with Crippen molar-refractivity contribution in [2.45, 2.75) is 46.2 Å². The van der Waals surface area contributed by atoms with Crippen molar-refractivity contribution in [1.82, 2.24) is 5.32 Å². The van der Waals surface area contributed by atoms with Crippen molar-refractivity contribution in [2.24, 2.45) is 5.41 Å². The summed E-state index contributed by atoms with van der Waals surface area (Å²) in [5.41, 5.74) is 3.48. The molecule has 3 N–H and O–H groups in total. The number of carbonyl (C=O) groups excluding carboxylic acids is 1. The highest BCUT2D eigenvalue weighted by molar-refractivity contribution is 5.94. The van der Waals surface area contributed by atoms with E-state index < -0.39 is 6.16 Å². The minimum Gasteiger partial charge on any atom is -0.449 e. The zero-order chi connectivity index (χ0) is 20.5. The summed E-state index contributed by atoms with van der Waals surface area (Å²) in [4.78, 5) is 23.2. The topological polar surface area (TPSA) is 87.7 Å². The second kappa shape index (κ2) is 7.54. The highest BCUT2D eigenvalue weighted by Gasteiger charge is 2.36. The smallest absolute Gasteiger partial charge is 0.449 e. The maximum absolute atomic E-state index is 12.4. The Morgan fingerprint density at radius 3 is 2.64 bits per heavy atom. The molecule has 3 rings (SSSR count). The second-order valence-electron chi connectivity index (χ2n) is 8.18. The Balaban J connectivity index is 1.90. The number of hydrogen-bond acceptors (Lipinski definition) is 4. The van der Waals surface area contributed by atoms with Crippen LogP contribution in [-0.2, 0) is 6.42 Å². The lowest BCUT2D eigenvalue weighted by atomic mass is 9.72. The van der Waals surface area contributed by atoms with Crippen molar-refractivity contribution >= 4 is 17.7 Å². The molecule has 1 aliphatic rings. The first-order chi connectivity index (χ1) is 13.2. The van der Waals surface area contributed by atoms with Crippen LogP contribution in [0.25, 0.3) is 0 Å². The van der Waals surface area contributed by atoms with Gasteiger partial charge >= 0.3 is 6.16 Å². The Morgan fingerprint density at radius 2 is 1.96 bits per heavy atom. The van der Waals surface area contributed by atoms with Gasteiger partial charge in [0.05, 0.1) is 6.04 Å². The van der Waals surface area contributed by atoms with E-state index in [-0.39, 0.29) is 23.4 Å². The van der Waals surface area contributed by atoms with E-state index in [9.17, 15) is 9.59 Å². The van der Waals surface area contributed by atoms with E-state index in [4.69, 9.17) is 9.84 Å². The van der Waals surface area contributed by atoms with Crippen molar-refractivity contribution in [3.8, 4) is 5.75 Å². The molecule has 0 saturated heterocycles. The molecule has 0 radical (unpaired) electrons. The van der Waals surface area contributed by atoms with Gasteiger partial charge in [-0.2, -0.15) is 0 Å². The predicted molar refractivity (Wildman–Crippen MR) is 108 cm³/mol. The lowest BCUT2D eigenvalue weighted by Gasteiger charge is -2.41. The Labute approximate surface area is 164 Å². The molecule has 6 nitrogen and oxygen atoms in total. The number of rotatable bonds is 4. The Bertz CT molecular complexity index is 905. The van der Waals surface area contributed by atoms with E-state index >= 15 is 0 Å². The minimum atomic E-state index is -1.32. The average Bonchev–Trinajstić information content (AvgIpc) is 2.59. The minimum absolute atomic E-state index is 0.0121. The van der Waals surface area contributed by atoms with Crippen LogP contribution in [-0.4, -0.2) is 23.2 Å². The first kappa shape index (κ1) is 19.7. The lowest BCUT2D eigenvalue weighted by molar-refractivity contribution is 0.0942. The quantitative estimate of drug-likeness (QED) is 0.531. The van der Waals surface area contributed by atoms with Gasteiger partial charge in [-0.1, -0.05) is 26.0 Å². The molecule has 0 aliphatic carbocycles. The fourth-order valence-corrected chi connectivity index (χ4v) is 3.70. The summed E-state index contributed by atoms with van der Waals surface area (Å²) in [6.07, 6.45) is -0.573. The van der Waals surface area contributed by atoms with Gasteiger partial charge in [-0.3, -0.25) is 4.79 Å². The molecule has 148 valence electrons. The van der Waals surface area contributed by atoms with Crippen molar-refractivity contribution in [2.75, 3.05) is 5.32 Å².